The Kier molecular flexibility index (Phi) is 5.63. The number of para-hydroxylation sites is 1. The Hall–Kier alpha value is -3.04. The molecular weight excluding hydrogens is 440 g/mol. The first kappa shape index (κ1) is 21.2. The minimum atomic E-state index is -3.63. The third kappa shape index (κ3) is 4.38. The van der Waals surface area contributed by atoms with E-state index in [0.29, 0.717) is 10.7 Å². The summed E-state index contributed by atoms with van der Waals surface area (Å²) in [5.74, 6) is 0.704. The zero-order valence-corrected chi connectivity index (χ0v) is 18.5. The van der Waals surface area contributed by atoms with Gasteiger partial charge in [-0.15, -0.1) is 0 Å². The van der Waals surface area contributed by atoms with Gasteiger partial charge in [-0.2, -0.15) is 0 Å². The lowest BCUT2D eigenvalue weighted by Crippen LogP contribution is -2.50. The van der Waals surface area contributed by atoms with Crippen molar-refractivity contribution in [1.82, 2.24) is 14.9 Å². The third-order valence-electron chi connectivity index (χ3n) is 5.01. The van der Waals surface area contributed by atoms with Crippen LogP contribution < -0.4 is 14.4 Å². The monoisotopic (exact) mass is 460 g/mol. The lowest BCUT2D eigenvalue weighted by Gasteiger charge is -2.34. The molecule has 31 heavy (non-hydrogen) atoms. The first-order valence-electron chi connectivity index (χ1n) is 9.54. The fraction of sp³-hybridized carbons (Fsp3) is 0.238. The normalized spacial score (nSPS) is 15.8. The van der Waals surface area contributed by atoms with Crippen LogP contribution in [0.3, 0.4) is 0 Å². The molecule has 3 aromatic rings. The number of hydrogen-bond donors (Lipinski definition) is 1. The van der Waals surface area contributed by atoms with Crippen molar-refractivity contribution < 1.29 is 17.9 Å². The Bertz CT molecular complexity index is 1240. The predicted molar refractivity (Wildman–Crippen MR) is 118 cm³/mol. The largest absolute Gasteiger partial charge is 0.476 e. The average Bonchev–Trinajstić information content (AvgIpc) is 3.16. The summed E-state index contributed by atoms with van der Waals surface area (Å²) in [5, 5.41) is 3.24. The minimum Gasteiger partial charge on any atom is -0.476 e. The Morgan fingerprint density at radius 2 is 2.03 bits per heavy atom. The van der Waals surface area contributed by atoms with E-state index in [9.17, 15) is 13.2 Å². The molecule has 1 amide bonds. The highest BCUT2D eigenvalue weighted by atomic mass is 35.5. The maximum absolute atomic E-state index is 12.9. The second-order valence-corrected chi connectivity index (χ2v) is 9.55. The summed E-state index contributed by atoms with van der Waals surface area (Å²) in [4.78, 5) is 17.1. The van der Waals surface area contributed by atoms with Gasteiger partial charge < -0.3 is 14.6 Å². The molecule has 1 aliphatic rings. The zero-order valence-electron chi connectivity index (χ0n) is 16.9. The number of halogens is 1. The number of hydrogen-bond acceptors (Lipinski definition) is 5. The second-order valence-electron chi connectivity index (χ2n) is 7.20. The molecule has 10 heteroatoms. The highest BCUT2D eigenvalue weighted by Crippen LogP contribution is 2.37. The number of carbonyl (C=O) groups excluding carboxylic acids is 1. The molecule has 0 fully saturated rings. The van der Waals surface area contributed by atoms with Crippen molar-refractivity contribution in [2.75, 3.05) is 17.1 Å². The summed E-state index contributed by atoms with van der Waals surface area (Å²) in [6.07, 6.45) is 3.66. The molecule has 0 bridgehead atoms. The van der Waals surface area contributed by atoms with Crippen molar-refractivity contribution in [3.63, 3.8) is 0 Å². The summed E-state index contributed by atoms with van der Waals surface area (Å²) in [5.41, 5.74) is 2.11. The van der Waals surface area contributed by atoms with Gasteiger partial charge in [-0.1, -0.05) is 29.8 Å². The van der Waals surface area contributed by atoms with Crippen LogP contribution in [0.25, 0.3) is 5.69 Å². The van der Waals surface area contributed by atoms with E-state index >= 15 is 0 Å². The number of amides is 1. The zero-order chi connectivity index (χ0) is 22.2. The van der Waals surface area contributed by atoms with Gasteiger partial charge in [0.2, 0.25) is 10.0 Å². The third-order valence-corrected chi connectivity index (χ3v) is 6.39. The van der Waals surface area contributed by atoms with E-state index in [1.807, 2.05) is 42.0 Å². The fourth-order valence-electron chi connectivity index (χ4n) is 3.50. The van der Waals surface area contributed by atoms with Crippen molar-refractivity contribution in [3.8, 4) is 11.4 Å². The van der Waals surface area contributed by atoms with Crippen LogP contribution in [0.2, 0.25) is 5.02 Å². The van der Waals surface area contributed by atoms with Crippen LogP contribution in [0, 0.1) is 6.92 Å². The highest BCUT2D eigenvalue weighted by Gasteiger charge is 2.35. The summed E-state index contributed by atoms with van der Waals surface area (Å²) in [7, 11) is -3.63. The number of ether oxygens (including phenoxy) is 1. The van der Waals surface area contributed by atoms with Gasteiger partial charge in [-0.3, -0.25) is 9.10 Å². The molecule has 4 rings (SSSR count). The summed E-state index contributed by atoms with van der Waals surface area (Å²) in [6.45, 7) is 2.01. The Morgan fingerprint density at radius 3 is 2.74 bits per heavy atom. The van der Waals surface area contributed by atoms with Crippen molar-refractivity contribution in [2.24, 2.45) is 0 Å². The summed E-state index contributed by atoms with van der Waals surface area (Å²) < 4.78 is 33.5. The molecule has 8 nitrogen and oxygen atoms in total. The minimum absolute atomic E-state index is 0.139. The number of fused-ring (bicyclic) bond motifs is 1. The predicted octanol–water partition coefficient (Wildman–Crippen LogP) is 2.68. The van der Waals surface area contributed by atoms with Gasteiger partial charge in [0.05, 0.1) is 24.2 Å². The number of nitrogens with zero attached hydrogens (tertiary/aromatic N) is 3. The van der Waals surface area contributed by atoms with Gasteiger partial charge in [0.15, 0.2) is 6.10 Å². The maximum atomic E-state index is 12.9. The van der Waals surface area contributed by atoms with E-state index < -0.39 is 22.0 Å². The van der Waals surface area contributed by atoms with E-state index in [1.165, 1.54) is 6.07 Å². The Morgan fingerprint density at radius 1 is 1.26 bits per heavy atom. The molecule has 162 valence electrons. The molecule has 0 aliphatic carbocycles. The van der Waals surface area contributed by atoms with E-state index in [4.69, 9.17) is 16.3 Å². The molecular formula is C21H21ClN4O4S. The Labute approximate surface area is 185 Å². The first-order chi connectivity index (χ1) is 14.7. The molecule has 1 aliphatic heterocycles. The summed E-state index contributed by atoms with van der Waals surface area (Å²) in [6, 6.07) is 12.3. The number of sulfonamides is 1. The topological polar surface area (TPSA) is 93.5 Å². The number of imidazole rings is 1. The van der Waals surface area contributed by atoms with E-state index in [-0.39, 0.29) is 18.8 Å². The number of nitrogens with one attached hydrogen (secondary N) is 1. The molecule has 0 saturated carbocycles. The van der Waals surface area contributed by atoms with Gasteiger partial charge in [-0.05, 0) is 36.8 Å². The Balaban J connectivity index is 1.54. The van der Waals surface area contributed by atoms with Crippen LogP contribution in [0.4, 0.5) is 5.69 Å². The standard InChI is InChI=1S/C21H21ClN4O4S/c1-14-23-9-10-25(14)17-6-4-3-5-15(17)12-24-21(27)20-13-26(31(2,28)29)18-11-16(22)7-8-19(18)30-20/h3-11,20H,12-13H2,1-2H3,(H,24,27)/t20-/m0/s1. The van der Waals surface area contributed by atoms with Crippen molar-refractivity contribution in [3.05, 3.63) is 71.3 Å². The average molecular weight is 461 g/mol. The molecule has 1 atom stereocenters. The lowest BCUT2D eigenvalue weighted by atomic mass is 10.1. The number of aromatic nitrogens is 2. The highest BCUT2D eigenvalue weighted by molar-refractivity contribution is 7.92. The quantitative estimate of drug-likeness (QED) is 0.631. The van der Waals surface area contributed by atoms with Crippen molar-refractivity contribution in [1.29, 1.82) is 0 Å². The molecule has 2 aromatic carbocycles. The SMILES string of the molecule is Cc1nccn1-c1ccccc1CNC(=O)[C@@H]1CN(S(C)(=O)=O)c2cc(Cl)ccc2O1. The van der Waals surface area contributed by atoms with E-state index in [0.717, 1.165) is 27.6 Å². The number of anilines is 1. The van der Waals surface area contributed by atoms with Gasteiger partial charge in [0.1, 0.15) is 11.6 Å². The van der Waals surface area contributed by atoms with Gasteiger partial charge in [0, 0.05) is 24.0 Å². The fourth-order valence-corrected chi connectivity index (χ4v) is 4.57. The van der Waals surface area contributed by atoms with Gasteiger partial charge >= 0.3 is 0 Å². The van der Waals surface area contributed by atoms with Crippen LogP contribution in [-0.4, -0.2) is 42.8 Å². The van der Waals surface area contributed by atoms with Crippen LogP contribution in [0.5, 0.6) is 5.75 Å². The van der Waals surface area contributed by atoms with Crippen LogP contribution in [0.1, 0.15) is 11.4 Å². The second kappa shape index (κ2) is 8.24. The molecule has 0 unspecified atom stereocenters. The van der Waals surface area contributed by atoms with Crippen molar-refractivity contribution >= 4 is 33.2 Å². The molecule has 0 radical (unpaired) electrons. The number of aryl methyl sites for hydroxylation is 1. The number of carbonyl (C=O) groups is 1. The van der Waals surface area contributed by atoms with Crippen molar-refractivity contribution in [2.45, 2.75) is 19.6 Å². The van der Waals surface area contributed by atoms with E-state index in [1.54, 1.807) is 18.3 Å². The number of rotatable bonds is 5. The molecule has 2 heterocycles. The molecule has 1 aromatic heterocycles. The molecule has 1 N–H and O–H groups in total. The van der Waals surface area contributed by atoms with Crippen LogP contribution in [-0.2, 0) is 21.4 Å². The maximum Gasteiger partial charge on any atom is 0.263 e. The molecule has 0 saturated heterocycles. The van der Waals surface area contributed by atoms with Gasteiger partial charge in [0.25, 0.3) is 5.91 Å². The summed E-state index contributed by atoms with van der Waals surface area (Å²) >= 11 is 6.01. The number of benzene rings is 2. The van der Waals surface area contributed by atoms with Crippen LogP contribution in [0.15, 0.2) is 54.9 Å². The lowest BCUT2D eigenvalue weighted by molar-refractivity contribution is -0.127. The first-order valence-corrected chi connectivity index (χ1v) is 11.8. The molecule has 0 spiro atoms. The van der Waals surface area contributed by atoms with Gasteiger partial charge in [-0.25, -0.2) is 13.4 Å². The smallest absolute Gasteiger partial charge is 0.263 e. The van der Waals surface area contributed by atoms with E-state index in [2.05, 4.69) is 10.3 Å². The van der Waals surface area contributed by atoms with Crippen LogP contribution >= 0.6 is 11.6 Å².